The van der Waals surface area contributed by atoms with Gasteiger partial charge in [-0.25, -0.2) is 0 Å². The normalized spacial score (nSPS) is 14.4. The average molecular weight is 197 g/mol. The van der Waals surface area contributed by atoms with Crippen LogP contribution in [0.15, 0.2) is 0 Å². The third-order valence-electron chi connectivity index (χ3n) is 2.07. The molecule has 1 rings (SSSR count). The Balaban J connectivity index is 2.78. The largest absolute Gasteiger partial charge is 0.330 e. The molecule has 0 spiro atoms. The second kappa shape index (κ2) is 4.04. The van der Waals surface area contributed by atoms with Crippen molar-refractivity contribution in [3.05, 3.63) is 5.82 Å². The Morgan fingerprint density at radius 3 is 2.50 bits per heavy atom. The monoisotopic (exact) mass is 197 g/mol. The molecule has 14 heavy (non-hydrogen) atoms. The van der Waals surface area contributed by atoms with Crippen LogP contribution < -0.4 is 5.73 Å². The molecule has 0 radical (unpaired) electrons. The fourth-order valence-electron chi connectivity index (χ4n) is 1.09. The van der Waals surface area contributed by atoms with E-state index in [0.717, 1.165) is 12.2 Å². The van der Waals surface area contributed by atoms with E-state index in [-0.39, 0.29) is 11.5 Å². The molecule has 1 aromatic rings. The van der Waals surface area contributed by atoms with Crippen molar-refractivity contribution < 1.29 is 0 Å². The van der Waals surface area contributed by atoms with Gasteiger partial charge in [0.2, 0.25) is 0 Å². The van der Waals surface area contributed by atoms with Gasteiger partial charge in [-0.15, -0.1) is 10.2 Å². The predicted molar refractivity (Wildman–Crippen MR) is 54.9 cm³/mol. The van der Waals surface area contributed by atoms with E-state index in [2.05, 4.69) is 22.3 Å². The third kappa shape index (κ3) is 2.51. The molecule has 1 aromatic heterocycles. The first-order valence-corrected chi connectivity index (χ1v) is 4.95. The molecule has 2 N–H and O–H groups in total. The van der Waals surface area contributed by atoms with E-state index in [1.54, 1.807) is 4.80 Å². The Morgan fingerprint density at radius 1 is 1.43 bits per heavy atom. The highest BCUT2D eigenvalue weighted by molar-refractivity contribution is 4.89. The summed E-state index contributed by atoms with van der Waals surface area (Å²) in [6, 6.07) is 0. The Labute approximate surface area is 84.7 Å². The first-order valence-electron chi connectivity index (χ1n) is 4.95. The Morgan fingerprint density at radius 2 is 2.07 bits per heavy atom. The molecule has 0 aromatic carbocycles. The minimum atomic E-state index is -0.103. The van der Waals surface area contributed by atoms with E-state index in [1.165, 1.54) is 0 Å². The van der Waals surface area contributed by atoms with Gasteiger partial charge in [-0.05, 0) is 39.0 Å². The highest BCUT2D eigenvalue weighted by Gasteiger charge is 2.18. The van der Waals surface area contributed by atoms with Gasteiger partial charge in [0.25, 0.3) is 0 Å². The number of hydrogen-bond acceptors (Lipinski definition) is 4. The van der Waals surface area contributed by atoms with Gasteiger partial charge in [-0.1, -0.05) is 6.92 Å². The van der Waals surface area contributed by atoms with Gasteiger partial charge in [0.05, 0.1) is 5.54 Å². The van der Waals surface area contributed by atoms with Crippen LogP contribution in [0.2, 0.25) is 0 Å². The van der Waals surface area contributed by atoms with E-state index in [0.29, 0.717) is 6.54 Å². The molecule has 0 saturated carbocycles. The molecule has 0 aliphatic carbocycles. The Bertz CT molecular complexity index is 286. The minimum absolute atomic E-state index is 0.103. The van der Waals surface area contributed by atoms with Crippen molar-refractivity contribution in [3.8, 4) is 0 Å². The maximum absolute atomic E-state index is 5.48. The highest BCUT2D eigenvalue weighted by atomic mass is 15.6. The molecule has 0 aliphatic heterocycles. The lowest BCUT2D eigenvalue weighted by molar-refractivity contribution is 0.304. The second-order valence-corrected chi connectivity index (χ2v) is 4.59. The van der Waals surface area contributed by atoms with Gasteiger partial charge in [-0.3, -0.25) is 0 Å². The molecule has 0 fully saturated rings. The molecule has 1 atom stereocenters. The van der Waals surface area contributed by atoms with Crippen molar-refractivity contribution in [3.63, 3.8) is 0 Å². The lowest BCUT2D eigenvalue weighted by Gasteiger charge is -2.15. The summed E-state index contributed by atoms with van der Waals surface area (Å²) in [5.74, 6) is 1.07. The Kier molecular flexibility index (Phi) is 3.21. The van der Waals surface area contributed by atoms with Crippen molar-refractivity contribution in [2.24, 2.45) is 5.73 Å². The van der Waals surface area contributed by atoms with Gasteiger partial charge in [0, 0.05) is 5.92 Å². The average Bonchev–Trinajstić information content (AvgIpc) is 2.51. The molecule has 0 amide bonds. The number of hydrogen-bond donors (Lipinski definition) is 1. The van der Waals surface area contributed by atoms with Crippen molar-refractivity contribution in [1.29, 1.82) is 0 Å². The van der Waals surface area contributed by atoms with Crippen molar-refractivity contribution >= 4 is 0 Å². The smallest absolute Gasteiger partial charge is 0.177 e. The van der Waals surface area contributed by atoms with E-state index < -0.39 is 0 Å². The van der Waals surface area contributed by atoms with Crippen LogP contribution in [0.25, 0.3) is 0 Å². The molecule has 5 heteroatoms. The summed E-state index contributed by atoms with van der Waals surface area (Å²) in [7, 11) is 0. The molecule has 1 unspecified atom stereocenters. The molecular weight excluding hydrogens is 178 g/mol. The van der Waals surface area contributed by atoms with Crippen LogP contribution in [0.4, 0.5) is 0 Å². The molecule has 80 valence electrons. The van der Waals surface area contributed by atoms with Crippen molar-refractivity contribution in [2.75, 3.05) is 6.54 Å². The number of tetrazole rings is 1. The Hall–Kier alpha value is -0.970. The quantitative estimate of drug-likeness (QED) is 0.781. The zero-order valence-electron chi connectivity index (χ0n) is 9.36. The summed E-state index contributed by atoms with van der Waals surface area (Å²) in [5, 5.41) is 12.4. The van der Waals surface area contributed by atoms with Gasteiger partial charge >= 0.3 is 0 Å². The van der Waals surface area contributed by atoms with Crippen LogP contribution in [0.3, 0.4) is 0 Å². The van der Waals surface area contributed by atoms with Crippen LogP contribution in [0, 0.1) is 0 Å². The molecule has 5 nitrogen and oxygen atoms in total. The summed E-state index contributed by atoms with van der Waals surface area (Å²) in [5.41, 5.74) is 5.37. The van der Waals surface area contributed by atoms with Crippen molar-refractivity contribution in [1.82, 2.24) is 20.2 Å². The van der Waals surface area contributed by atoms with E-state index in [4.69, 9.17) is 5.73 Å². The number of nitrogens with two attached hydrogens (primary N) is 1. The van der Waals surface area contributed by atoms with Crippen LogP contribution >= 0.6 is 0 Å². The van der Waals surface area contributed by atoms with Crippen LogP contribution in [0.5, 0.6) is 0 Å². The number of nitrogens with zero attached hydrogens (tertiary/aromatic N) is 4. The maximum Gasteiger partial charge on any atom is 0.177 e. The highest BCUT2D eigenvalue weighted by Crippen LogP contribution is 2.15. The third-order valence-corrected chi connectivity index (χ3v) is 2.07. The zero-order valence-corrected chi connectivity index (χ0v) is 9.36. The first-order chi connectivity index (χ1) is 6.45. The van der Waals surface area contributed by atoms with Gasteiger partial charge in [0.15, 0.2) is 5.82 Å². The fourth-order valence-corrected chi connectivity index (χ4v) is 1.09. The van der Waals surface area contributed by atoms with E-state index in [9.17, 15) is 0 Å². The van der Waals surface area contributed by atoms with Gasteiger partial charge in [0.1, 0.15) is 0 Å². The molecular formula is C9H19N5. The van der Waals surface area contributed by atoms with Gasteiger partial charge < -0.3 is 5.73 Å². The second-order valence-electron chi connectivity index (χ2n) is 4.59. The molecule has 0 saturated heterocycles. The SMILES string of the molecule is CC(CCN)c1nnn(C(C)(C)C)n1. The molecule has 0 bridgehead atoms. The summed E-state index contributed by atoms with van der Waals surface area (Å²) in [6.45, 7) is 8.87. The molecule has 1 heterocycles. The topological polar surface area (TPSA) is 69.6 Å². The summed E-state index contributed by atoms with van der Waals surface area (Å²) < 4.78 is 0. The van der Waals surface area contributed by atoms with Crippen LogP contribution in [-0.4, -0.2) is 26.8 Å². The minimum Gasteiger partial charge on any atom is -0.330 e. The lowest BCUT2D eigenvalue weighted by Crippen LogP contribution is -2.24. The standard InChI is InChI=1S/C9H19N5/c1-7(5-6-10)8-11-13-14(12-8)9(2,3)4/h7H,5-6,10H2,1-4H3. The van der Waals surface area contributed by atoms with Crippen LogP contribution in [0.1, 0.15) is 45.9 Å². The zero-order chi connectivity index (χ0) is 10.8. The predicted octanol–water partition coefficient (Wildman–Crippen LogP) is 0.880. The number of rotatable bonds is 3. The van der Waals surface area contributed by atoms with E-state index >= 15 is 0 Å². The summed E-state index contributed by atoms with van der Waals surface area (Å²) in [4.78, 5) is 1.65. The van der Waals surface area contributed by atoms with Gasteiger partial charge in [-0.2, -0.15) is 4.80 Å². The van der Waals surface area contributed by atoms with Crippen LogP contribution in [-0.2, 0) is 5.54 Å². The first kappa shape index (κ1) is 11.1. The summed E-state index contributed by atoms with van der Waals surface area (Å²) in [6.07, 6.45) is 0.899. The number of aromatic nitrogens is 4. The maximum atomic E-state index is 5.48. The van der Waals surface area contributed by atoms with E-state index in [1.807, 2.05) is 20.8 Å². The lowest BCUT2D eigenvalue weighted by atomic mass is 10.1. The fraction of sp³-hybridized carbons (Fsp3) is 0.889. The molecule has 0 aliphatic rings. The summed E-state index contributed by atoms with van der Waals surface area (Å²) >= 11 is 0. The van der Waals surface area contributed by atoms with Crippen molar-refractivity contribution in [2.45, 2.75) is 45.6 Å².